The molecule has 0 radical (unpaired) electrons. The zero-order valence-electron chi connectivity index (χ0n) is 9.55. The molecule has 2 nitrogen and oxygen atoms in total. The highest BCUT2D eigenvalue weighted by Crippen LogP contribution is 2.11. The smallest absolute Gasteiger partial charge is 0.123 e. The summed E-state index contributed by atoms with van der Waals surface area (Å²) in [5, 5.41) is 3.32. The van der Waals surface area contributed by atoms with Crippen LogP contribution >= 0.6 is 0 Å². The predicted molar refractivity (Wildman–Crippen MR) is 61.1 cm³/mol. The molecule has 1 atom stereocenters. The first-order valence-electron chi connectivity index (χ1n) is 5.14. The van der Waals surface area contributed by atoms with Gasteiger partial charge in [0.05, 0.1) is 0 Å². The van der Waals surface area contributed by atoms with Crippen LogP contribution in [0.4, 0.5) is 4.39 Å². The van der Waals surface area contributed by atoms with Gasteiger partial charge in [0.1, 0.15) is 5.82 Å². The van der Waals surface area contributed by atoms with Gasteiger partial charge in [0, 0.05) is 18.1 Å². The van der Waals surface area contributed by atoms with Gasteiger partial charge in [-0.2, -0.15) is 0 Å². The summed E-state index contributed by atoms with van der Waals surface area (Å²) < 4.78 is 12.7. The lowest BCUT2D eigenvalue weighted by atomic mass is 10.0. The molecule has 0 bridgehead atoms. The van der Waals surface area contributed by atoms with E-state index >= 15 is 0 Å². The van der Waals surface area contributed by atoms with Crippen molar-refractivity contribution in [1.82, 2.24) is 5.32 Å². The average Bonchev–Trinajstić information content (AvgIpc) is 2.14. The van der Waals surface area contributed by atoms with Gasteiger partial charge in [0.25, 0.3) is 0 Å². The molecule has 0 saturated carbocycles. The van der Waals surface area contributed by atoms with Crippen LogP contribution in [-0.4, -0.2) is 12.1 Å². The molecule has 1 rings (SSSR count). The van der Waals surface area contributed by atoms with Crippen LogP contribution < -0.4 is 11.1 Å². The van der Waals surface area contributed by atoms with Crippen molar-refractivity contribution < 1.29 is 4.39 Å². The first-order valence-corrected chi connectivity index (χ1v) is 5.14. The fourth-order valence-corrected chi connectivity index (χ4v) is 1.24. The van der Waals surface area contributed by atoms with Gasteiger partial charge in [-0.25, -0.2) is 4.39 Å². The van der Waals surface area contributed by atoms with E-state index in [0.717, 1.165) is 5.56 Å². The van der Waals surface area contributed by atoms with Crippen molar-refractivity contribution in [2.75, 3.05) is 6.54 Å². The summed E-state index contributed by atoms with van der Waals surface area (Å²) in [4.78, 5) is 0. The molecule has 0 aliphatic rings. The molecule has 0 saturated heterocycles. The average molecular weight is 210 g/mol. The molecule has 0 unspecified atom stereocenters. The van der Waals surface area contributed by atoms with E-state index in [0.29, 0.717) is 6.54 Å². The van der Waals surface area contributed by atoms with Crippen molar-refractivity contribution in [2.45, 2.75) is 32.4 Å². The van der Waals surface area contributed by atoms with E-state index in [9.17, 15) is 4.39 Å². The maximum absolute atomic E-state index is 12.7. The highest BCUT2D eigenvalue weighted by Gasteiger charge is 2.12. The minimum Gasteiger partial charge on any atom is -0.323 e. The molecule has 0 amide bonds. The van der Waals surface area contributed by atoms with Gasteiger partial charge in [-0.05, 0) is 38.5 Å². The van der Waals surface area contributed by atoms with Crippen LogP contribution in [0, 0.1) is 5.82 Å². The van der Waals surface area contributed by atoms with Crippen LogP contribution in [0.5, 0.6) is 0 Å². The Morgan fingerprint density at radius 2 is 1.80 bits per heavy atom. The largest absolute Gasteiger partial charge is 0.323 e. The van der Waals surface area contributed by atoms with Crippen molar-refractivity contribution in [2.24, 2.45) is 5.73 Å². The summed E-state index contributed by atoms with van der Waals surface area (Å²) in [6, 6.07) is 6.23. The summed E-state index contributed by atoms with van der Waals surface area (Å²) in [6.07, 6.45) is 0. The molecule has 0 fully saturated rings. The maximum atomic E-state index is 12.7. The predicted octanol–water partition coefficient (Wildman–Crippen LogP) is 2.21. The number of benzene rings is 1. The number of hydrogen-bond donors (Lipinski definition) is 2. The number of nitrogens with two attached hydrogens (primary N) is 1. The molecule has 0 heterocycles. The van der Waals surface area contributed by atoms with E-state index in [1.165, 1.54) is 12.1 Å². The topological polar surface area (TPSA) is 38.0 Å². The highest BCUT2D eigenvalue weighted by atomic mass is 19.1. The van der Waals surface area contributed by atoms with Crippen LogP contribution in [0.2, 0.25) is 0 Å². The lowest BCUT2D eigenvalue weighted by Gasteiger charge is -2.23. The van der Waals surface area contributed by atoms with Crippen LogP contribution in [0.15, 0.2) is 24.3 Å². The number of halogens is 1. The Bertz CT molecular complexity index is 300. The van der Waals surface area contributed by atoms with E-state index < -0.39 is 0 Å². The van der Waals surface area contributed by atoms with E-state index in [2.05, 4.69) is 26.1 Å². The third kappa shape index (κ3) is 4.40. The Hall–Kier alpha value is -0.930. The Morgan fingerprint density at radius 3 is 2.27 bits per heavy atom. The summed E-state index contributed by atoms with van der Waals surface area (Å²) in [5.41, 5.74) is 6.97. The van der Waals surface area contributed by atoms with Crippen LogP contribution in [0.25, 0.3) is 0 Å². The van der Waals surface area contributed by atoms with Gasteiger partial charge < -0.3 is 11.1 Å². The number of nitrogens with one attached hydrogen (secondary N) is 1. The quantitative estimate of drug-likeness (QED) is 0.802. The SMILES string of the molecule is CC(C)(C)NC[C@H](N)c1ccc(F)cc1. The fourth-order valence-electron chi connectivity index (χ4n) is 1.24. The molecule has 15 heavy (non-hydrogen) atoms. The second-order valence-corrected chi connectivity index (χ2v) is 4.79. The first-order chi connectivity index (χ1) is 6.88. The van der Waals surface area contributed by atoms with Gasteiger partial charge in [-0.1, -0.05) is 12.1 Å². The summed E-state index contributed by atoms with van der Waals surface area (Å²) in [5.74, 6) is -0.227. The maximum Gasteiger partial charge on any atom is 0.123 e. The summed E-state index contributed by atoms with van der Waals surface area (Å²) in [6.45, 7) is 6.95. The number of rotatable bonds is 3. The van der Waals surface area contributed by atoms with Crippen molar-refractivity contribution in [3.63, 3.8) is 0 Å². The molecule has 0 aliphatic heterocycles. The van der Waals surface area contributed by atoms with Crippen molar-refractivity contribution in [3.05, 3.63) is 35.6 Å². The molecule has 0 aromatic heterocycles. The first kappa shape index (κ1) is 12.1. The van der Waals surface area contributed by atoms with E-state index in [1.54, 1.807) is 12.1 Å². The van der Waals surface area contributed by atoms with E-state index in [4.69, 9.17) is 5.73 Å². The molecule has 1 aromatic carbocycles. The third-order valence-electron chi connectivity index (χ3n) is 2.15. The van der Waals surface area contributed by atoms with Gasteiger partial charge in [-0.3, -0.25) is 0 Å². The monoisotopic (exact) mass is 210 g/mol. The third-order valence-corrected chi connectivity index (χ3v) is 2.15. The molecule has 0 spiro atoms. The van der Waals surface area contributed by atoms with E-state index in [-0.39, 0.29) is 17.4 Å². The van der Waals surface area contributed by atoms with Crippen LogP contribution in [-0.2, 0) is 0 Å². The molecular weight excluding hydrogens is 191 g/mol. The van der Waals surface area contributed by atoms with Gasteiger partial charge in [0.2, 0.25) is 0 Å². The minimum absolute atomic E-state index is 0.0532. The molecular formula is C12H19FN2. The van der Waals surface area contributed by atoms with Crippen LogP contribution in [0.1, 0.15) is 32.4 Å². The van der Waals surface area contributed by atoms with Gasteiger partial charge in [-0.15, -0.1) is 0 Å². The Morgan fingerprint density at radius 1 is 1.27 bits per heavy atom. The molecule has 0 aliphatic carbocycles. The lowest BCUT2D eigenvalue weighted by molar-refractivity contribution is 0.408. The Kier molecular flexibility index (Phi) is 3.83. The van der Waals surface area contributed by atoms with Crippen LogP contribution in [0.3, 0.4) is 0 Å². The zero-order chi connectivity index (χ0) is 11.5. The normalized spacial score (nSPS) is 13.9. The van der Waals surface area contributed by atoms with E-state index in [1.807, 2.05) is 0 Å². The minimum atomic E-state index is -0.227. The Labute approximate surface area is 90.7 Å². The fraction of sp³-hybridized carbons (Fsp3) is 0.500. The highest BCUT2D eigenvalue weighted by molar-refractivity contribution is 5.19. The molecule has 1 aromatic rings. The molecule has 3 heteroatoms. The van der Waals surface area contributed by atoms with Crippen molar-refractivity contribution in [3.8, 4) is 0 Å². The number of hydrogen-bond acceptors (Lipinski definition) is 2. The molecule has 3 N–H and O–H groups in total. The summed E-state index contributed by atoms with van der Waals surface area (Å²) in [7, 11) is 0. The second-order valence-electron chi connectivity index (χ2n) is 4.79. The Balaban J connectivity index is 2.54. The molecule has 84 valence electrons. The lowest BCUT2D eigenvalue weighted by Crippen LogP contribution is -2.40. The summed E-state index contributed by atoms with van der Waals surface area (Å²) >= 11 is 0. The zero-order valence-corrected chi connectivity index (χ0v) is 9.55. The van der Waals surface area contributed by atoms with Crippen molar-refractivity contribution >= 4 is 0 Å². The second kappa shape index (κ2) is 4.73. The standard InChI is InChI=1S/C12H19FN2/c1-12(2,3)15-8-11(14)9-4-6-10(13)7-5-9/h4-7,11,15H,8,14H2,1-3H3/t11-/m0/s1. The van der Waals surface area contributed by atoms with Crippen molar-refractivity contribution in [1.29, 1.82) is 0 Å². The van der Waals surface area contributed by atoms with Gasteiger partial charge >= 0.3 is 0 Å². The van der Waals surface area contributed by atoms with Gasteiger partial charge in [0.15, 0.2) is 0 Å².